The van der Waals surface area contributed by atoms with E-state index >= 15 is 0 Å². The maximum Gasteiger partial charge on any atom is 0.417 e. The van der Waals surface area contributed by atoms with Crippen molar-refractivity contribution in [3.8, 4) is 0 Å². The Labute approximate surface area is 124 Å². The van der Waals surface area contributed by atoms with Gasteiger partial charge in [-0.25, -0.2) is 4.39 Å². The largest absolute Gasteiger partial charge is 0.417 e. The number of aryl methyl sites for hydroxylation is 2. The van der Waals surface area contributed by atoms with Gasteiger partial charge < -0.3 is 0 Å². The minimum Gasteiger partial charge on any atom is -0.294 e. The third kappa shape index (κ3) is 3.90. The van der Waals surface area contributed by atoms with Crippen molar-refractivity contribution in [2.24, 2.45) is 0 Å². The summed E-state index contributed by atoms with van der Waals surface area (Å²) >= 11 is 0. The highest BCUT2D eigenvalue weighted by atomic mass is 19.4. The van der Waals surface area contributed by atoms with Gasteiger partial charge >= 0.3 is 6.18 Å². The Hall–Kier alpha value is -2.24. The van der Waals surface area contributed by atoms with Gasteiger partial charge in [-0.2, -0.15) is 13.2 Å². The number of ketones is 1. The molecule has 0 fully saturated rings. The predicted octanol–water partition coefficient (Wildman–Crippen LogP) is 4.36. The second kappa shape index (κ2) is 6.25. The normalized spacial score (nSPS) is 11.5. The molecule has 0 saturated heterocycles. The minimum absolute atomic E-state index is 0.101. The van der Waals surface area contributed by atoms with E-state index in [1.807, 2.05) is 0 Å². The smallest absolute Gasteiger partial charge is 0.294 e. The van der Waals surface area contributed by atoms with Crippen molar-refractivity contribution in [1.82, 2.24) is 4.98 Å². The zero-order valence-electron chi connectivity index (χ0n) is 11.7. The third-order valence-electron chi connectivity index (χ3n) is 3.24. The number of halogens is 4. The molecule has 1 heterocycles. The molecule has 22 heavy (non-hydrogen) atoms. The average Bonchev–Trinajstić information content (AvgIpc) is 2.47. The van der Waals surface area contributed by atoms with Gasteiger partial charge in [0.15, 0.2) is 5.78 Å². The summed E-state index contributed by atoms with van der Waals surface area (Å²) in [6.45, 7) is 1.56. The predicted molar refractivity (Wildman–Crippen MR) is 73.0 cm³/mol. The first-order valence-corrected chi connectivity index (χ1v) is 6.59. The Balaban J connectivity index is 2.00. The van der Waals surface area contributed by atoms with Crippen LogP contribution < -0.4 is 0 Å². The Bertz CT molecular complexity index is 678. The van der Waals surface area contributed by atoms with Crippen molar-refractivity contribution in [2.75, 3.05) is 0 Å². The van der Waals surface area contributed by atoms with Crippen molar-refractivity contribution in [3.63, 3.8) is 0 Å². The lowest BCUT2D eigenvalue weighted by Gasteiger charge is -2.07. The van der Waals surface area contributed by atoms with Crippen LogP contribution in [0.15, 0.2) is 36.5 Å². The fourth-order valence-corrected chi connectivity index (χ4v) is 1.94. The van der Waals surface area contributed by atoms with Crippen LogP contribution in [0.25, 0.3) is 0 Å². The number of benzene rings is 1. The molecule has 1 aromatic heterocycles. The SMILES string of the molecule is Cc1cc(C(=O)CCc2ccc(C(F)(F)F)cn2)ccc1F. The van der Waals surface area contributed by atoms with Crippen LogP contribution in [0, 0.1) is 12.7 Å². The molecule has 2 rings (SSSR count). The number of aromatic nitrogens is 1. The molecule has 2 aromatic rings. The molecule has 0 aliphatic heterocycles. The fourth-order valence-electron chi connectivity index (χ4n) is 1.94. The number of pyridine rings is 1. The van der Waals surface area contributed by atoms with E-state index in [2.05, 4.69) is 4.98 Å². The summed E-state index contributed by atoms with van der Waals surface area (Å²) in [7, 11) is 0. The second-order valence-electron chi connectivity index (χ2n) is 4.92. The Morgan fingerprint density at radius 1 is 1.18 bits per heavy atom. The molecule has 0 N–H and O–H groups in total. The average molecular weight is 311 g/mol. The molecule has 2 nitrogen and oxygen atoms in total. The van der Waals surface area contributed by atoms with E-state index < -0.39 is 11.7 Å². The van der Waals surface area contributed by atoms with Crippen molar-refractivity contribution < 1.29 is 22.4 Å². The maximum absolute atomic E-state index is 13.1. The van der Waals surface area contributed by atoms with Gasteiger partial charge in [0.1, 0.15) is 5.82 Å². The Morgan fingerprint density at radius 3 is 2.45 bits per heavy atom. The molecule has 116 valence electrons. The maximum atomic E-state index is 13.1. The van der Waals surface area contributed by atoms with Gasteiger partial charge in [-0.05, 0) is 49.2 Å². The van der Waals surface area contributed by atoms with E-state index in [0.29, 0.717) is 16.8 Å². The molecule has 0 spiro atoms. The van der Waals surface area contributed by atoms with Gasteiger partial charge in [0.05, 0.1) is 5.56 Å². The molecule has 0 aliphatic rings. The number of nitrogens with zero attached hydrogens (tertiary/aromatic N) is 1. The monoisotopic (exact) mass is 311 g/mol. The highest BCUT2D eigenvalue weighted by Crippen LogP contribution is 2.28. The van der Waals surface area contributed by atoms with Gasteiger partial charge in [0.2, 0.25) is 0 Å². The van der Waals surface area contributed by atoms with E-state index in [-0.39, 0.29) is 24.4 Å². The van der Waals surface area contributed by atoms with Gasteiger partial charge in [-0.3, -0.25) is 9.78 Å². The second-order valence-corrected chi connectivity index (χ2v) is 4.92. The van der Waals surface area contributed by atoms with Crippen LogP contribution in [0.3, 0.4) is 0 Å². The first-order valence-electron chi connectivity index (χ1n) is 6.59. The summed E-state index contributed by atoms with van der Waals surface area (Å²) in [5.74, 6) is -0.592. The quantitative estimate of drug-likeness (QED) is 0.620. The minimum atomic E-state index is -4.42. The van der Waals surface area contributed by atoms with Crippen molar-refractivity contribution in [1.29, 1.82) is 0 Å². The van der Waals surface area contributed by atoms with E-state index in [1.54, 1.807) is 6.92 Å². The topological polar surface area (TPSA) is 30.0 Å². The number of alkyl halides is 3. The van der Waals surface area contributed by atoms with Crippen molar-refractivity contribution in [2.45, 2.75) is 25.9 Å². The highest BCUT2D eigenvalue weighted by Gasteiger charge is 2.30. The fraction of sp³-hybridized carbons (Fsp3) is 0.250. The number of rotatable bonds is 4. The zero-order valence-corrected chi connectivity index (χ0v) is 11.7. The molecule has 0 amide bonds. The van der Waals surface area contributed by atoms with Gasteiger partial charge in [-0.1, -0.05) is 0 Å². The van der Waals surface area contributed by atoms with E-state index in [1.165, 1.54) is 24.3 Å². The summed E-state index contributed by atoms with van der Waals surface area (Å²) in [4.78, 5) is 15.7. The Kier molecular flexibility index (Phi) is 4.59. The standard InChI is InChI=1S/C16H13F4NO/c1-10-8-11(2-6-14(10)17)15(22)7-5-13-4-3-12(9-21-13)16(18,19)20/h2-4,6,8-9H,5,7H2,1H3. The lowest BCUT2D eigenvalue weighted by atomic mass is 10.0. The van der Waals surface area contributed by atoms with Crippen LogP contribution in [0.4, 0.5) is 17.6 Å². The van der Waals surface area contributed by atoms with Crippen LogP contribution in [0.5, 0.6) is 0 Å². The van der Waals surface area contributed by atoms with E-state index in [4.69, 9.17) is 0 Å². The highest BCUT2D eigenvalue weighted by molar-refractivity contribution is 5.96. The first kappa shape index (κ1) is 16.1. The molecule has 0 aliphatic carbocycles. The molecule has 0 saturated carbocycles. The number of hydrogen-bond donors (Lipinski definition) is 0. The third-order valence-corrected chi connectivity index (χ3v) is 3.24. The van der Waals surface area contributed by atoms with Gasteiger partial charge in [-0.15, -0.1) is 0 Å². The lowest BCUT2D eigenvalue weighted by Crippen LogP contribution is -2.07. The summed E-state index contributed by atoms with van der Waals surface area (Å²) in [6.07, 6.45) is -3.34. The first-order chi connectivity index (χ1) is 10.3. The zero-order chi connectivity index (χ0) is 16.3. The van der Waals surface area contributed by atoms with Crippen LogP contribution in [-0.4, -0.2) is 10.8 Å². The molecule has 0 unspecified atom stereocenters. The molecule has 1 aromatic carbocycles. The summed E-state index contributed by atoms with van der Waals surface area (Å²) in [6, 6.07) is 6.27. The number of Topliss-reactive ketones (excluding diaryl/α,β-unsaturated/α-hetero) is 1. The number of carbonyl (C=O) groups is 1. The van der Waals surface area contributed by atoms with E-state index in [0.717, 1.165) is 12.3 Å². The van der Waals surface area contributed by atoms with Crippen LogP contribution in [-0.2, 0) is 12.6 Å². The van der Waals surface area contributed by atoms with Gasteiger partial charge in [0.25, 0.3) is 0 Å². The summed E-state index contributed by atoms with van der Waals surface area (Å²) < 4.78 is 50.3. The molecular formula is C16H13F4NO. The van der Waals surface area contributed by atoms with Crippen molar-refractivity contribution >= 4 is 5.78 Å². The summed E-state index contributed by atoms with van der Waals surface area (Å²) in [5.41, 5.74) is 0.334. The molecule has 6 heteroatoms. The molecule has 0 bridgehead atoms. The molecule has 0 atom stereocenters. The number of hydrogen-bond acceptors (Lipinski definition) is 2. The van der Waals surface area contributed by atoms with Crippen LogP contribution in [0.1, 0.15) is 33.6 Å². The molecular weight excluding hydrogens is 298 g/mol. The van der Waals surface area contributed by atoms with Gasteiger partial charge in [0, 0.05) is 23.9 Å². The summed E-state index contributed by atoms with van der Waals surface area (Å²) in [5, 5.41) is 0. The van der Waals surface area contributed by atoms with E-state index in [9.17, 15) is 22.4 Å². The van der Waals surface area contributed by atoms with Crippen LogP contribution in [0.2, 0.25) is 0 Å². The number of carbonyl (C=O) groups excluding carboxylic acids is 1. The van der Waals surface area contributed by atoms with Crippen molar-refractivity contribution in [3.05, 3.63) is 64.7 Å². The lowest BCUT2D eigenvalue weighted by molar-refractivity contribution is -0.137. The molecule has 0 radical (unpaired) electrons. The Morgan fingerprint density at radius 2 is 1.91 bits per heavy atom. The van der Waals surface area contributed by atoms with Crippen LogP contribution >= 0.6 is 0 Å².